The van der Waals surface area contributed by atoms with Crippen LogP contribution in [0.3, 0.4) is 0 Å². The molecular formula is C9H16O3. The van der Waals surface area contributed by atoms with E-state index in [-0.39, 0.29) is 0 Å². The van der Waals surface area contributed by atoms with Crippen molar-refractivity contribution in [3.63, 3.8) is 0 Å². The number of esters is 1. The lowest BCUT2D eigenvalue weighted by atomic mass is 10.0. The summed E-state index contributed by atoms with van der Waals surface area (Å²) in [6, 6.07) is 0. The molecule has 0 radical (unpaired) electrons. The number of ether oxygens (including phenoxy) is 1. The van der Waals surface area contributed by atoms with Crippen molar-refractivity contribution < 1.29 is 14.6 Å². The quantitative estimate of drug-likeness (QED) is 0.646. The van der Waals surface area contributed by atoms with Gasteiger partial charge in [0.2, 0.25) is 0 Å². The molecule has 0 aromatic rings. The van der Waals surface area contributed by atoms with E-state index in [4.69, 9.17) is 9.84 Å². The zero-order chi connectivity index (χ0) is 9.19. The topological polar surface area (TPSA) is 46.5 Å². The maximum atomic E-state index is 10.8. The van der Waals surface area contributed by atoms with Crippen molar-refractivity contribution in [1.82, 2.24) is 0 Å². The fourth-order valence-corrected chi connectivity index (χ4v) is 1.40. The van der Waals surface area contributed by atoms with Crippen molar-refractivity contribution >= 4 is 5.97 Å². The van der Waals surface area contributed by atoms with Crippen LogP contribution in [-0.2, 0) is 9.53 Å². The lowest BCUT2D eigenvalue weighted by molar-refractivity contribution is -0.160. The molecule has 1 aliphatic rings. The molecule has 12 heavy (non-hydrogen) atoms. The van der Waals surface area contributed by atoms with Gasteiger partial charge in [0, 0.05) is 0 Å². The van der Waals surface area contributed by atoms with Crippen molar-refractivity contribution in [2.24, 2.45) is 5.92 Å². The van der Waals surface area contributed by atoms with Crippen molar-refractivity contribution in [3.8, 4) is 0 Å². The zero-order valence-electron chi connectivity index (χ0n) is 7.67. The number of carbonyl (C=O) groups is 1. The summed E-state index contributed by atoms with van der Waals surface area (Å²) in [4.78, 5) is 10.8. The summed E-state index contributed by atoms with van der Waals surface area (Å²) < 4.78 is 5.05. The highest BCUT2D eigenvalue weighted by atomic mass is 16.6. The van der Waals surface area contributed by atoms with Gasteiger partial charge in [0.25, 0.3) is 0 Å². The zero-order valence-corrected chi connectivity index (χ0v) is 7.67. The largest absolute Gasteiger partial charge is 0.458 e. The van der Waals surface area contributed by atoms with Crippen molar-refractivity contribution in [3.05, 3.63) is 0 Å². The highest BCUT2D eigenvalue weighted by Crippen LogP contribution is 2.37. The smallest absolute Gasteiger partial charge is 0.332 e. The first-order chi connectivity index (χ1) is 5.53. The van der Waals surface area contributed by atoms with Gasteiger partial charge in [-0.15, -0.1) is 0 Å². The van der Waals surface area contributed by atoms with Gasteiger partial charge in [0.05, 0.1) is 0 Å². The third kappa shape index (κ3) is 3.22. The summed E-state index contributed by atoms with van der Waals surface area (Å²) in [6.07, 6.45) is 3.42. The minimum absolute atomic E-state index is 0.402. The van der Waals surface area contributed by atoms with Crippen LogP contribution >= 0.6 is 0 Å². The second-order valence-electron chi connectivity index (χ2n) is 4.04. The predicted molar refractivity (Wildman–Crippen MR) is 44.6 cm³/mol. The highest BCUT2D eigenvalue weighted by Gasteiger charge is 2.32. The van der Waals surface area contributed by atoms with E-state index >= 15 is 0 Å². The van der Waals surface area contributed by atoms with Crippen LogP contribution in [0.25, 0.3) is 0 Å². The highest BCUT2D eigenvalue weighted by molar-refractivity contribution is 5.70. The Hall–Kier alpha value is -0.570. The lowest BCUT2D eigenvalue weighted by Gasteiger charge is -2.24. The minimum Gasteiger partial charge on any atom is -0.458 e. The van der Waals surface area contributed by atoms with Crippen LogP contribution < -0.4 is 0 Å². The number of hydrogen-bond donors (Lipinski definition) is 1. The van der Waals surface area contributed by atoms with Gasteiger partial charge in [0.1, 0.15) is 12.2 Å². The van der Waals surface area contributed by atoms with E-state index in [1.165, 1.54) is 12.8 Å². The molecule has 1 saturated carbocycles. The van der Waals surface area contributed by atoms with Gasteiger partial charge < -0.3 is 9.84 Å². The summed E-state index contributed by atoms with van der Waals surface area (Å²) in [5.74, 6) is 0.201. The molecule has 0 aromatic heterocycles. The molecule has 0 saturated heterocycles. The molecule has 70 valence electrons. The normalized spacial score (nSPS) is 17.6. The molecule has 0 heterocycles. The first kappa shape index (κ1) is 9.52. The molecule has 0 atom stereocenters. The fourth-order valence-electron chi connectivity index (χ4n) is 1.40. The summed E-state index contributed by atoms with van der Waals surface area (Å²) in [7, 11) is 0. The SMILES string of the molecule is CC(C)(CC1CC1)OC(=O)CO. The van der Waals surface area contributed by atoms with E-state index in [1.54, 1.807) is 0 Å². The third-order valence-corrected chi connectivity index (χ3v) is 2.00. The predicted octanol–water partition coefficient (Wildman–Crippen LogP) is 1.10. The van der Waals surface area contributed by atoms with E-state index < -0.39 is 18.2 Å². The second kappa shape index (κ2) is 3.44. The van der Waals surface area contributed by atoms with Gasteiger partial charge in [-0.25, -0.2) is 4.79 Å². The van der Waals surface area contributed by atoms with E-state index in [1.807, 2.05) is 13.8 Å². The van der Waals surface area contributed by atoms with E-state index in [9.17, 15) is 4.79 Å². The molecule has 0 unspecified atom stereocenters. The molecular weight excluding hydrogens is 156 g/mol. The summed E-state index contributed by atoms with van der Waals surface area (Å²) in [5.41, 5.74) is -0.402. The average Bonchev–Trinajstić information content (AvgIpc) is 2.69. The first-order valence-corrected chi connectivity index (χ1v) is 4.36. The fraction of sp³-hybridized carbons (Fsp3) is 0.889. The summed E-state index contributed by atoms with van der Waals surface area (Å²) in [6.45, 7) is 3.26. The van der Waals surface area contributed by atoms with Crippen LogP contribution in [0.1, 0.15) is 33.1 Å². The summed E-state index contributed by atoms with van der Waals surface area (Å²) in [5, 5.41) is 8.47. The Morgan fingerprint density at radius 3 is 2.58 bits per heavy atom. The molecule has 3 nitrogen and oxygen atoms in total. The Balaban J connectivity index is 2.30. The first-order valence-electron chi connectivity index (χ1n) is 4.36. The average molecular weight is 172 g/mol. The van der Waals surface area contributed by atoms with Crippen LogP contribution in [0.15, 0.2) is 0 Å². The molecule has 0 aliphatic heterocycles. The molecule has 1 N–H and O–H groups in total. The van der Waals surface area contributed by atoms with Crippen LogP contribution in [0.2, 0.25) is 0 Å². The van der Waals surface area contributed by atoms with Gasteiger partial charge in [-0.1, -0.05) is 12.8 Å². The minimum atomic E-state index is -0.527. The van der Waals surface area contributed by atoms with E-state index in [0.717, 1.165) is 12.3 Å². The molecule has 0 aromatic carbocycles. The molecule has 1 aliphatic carbocycles. The number of aliphatic hydroxyl groups excluding tert-OH is 1. The summed E-state index contributed by atoms with van der Waals surface area (Å²) >= 11 is 0. The van der Waals surface area contributed by atoms with Gasteiger partial charge in [0.15, 0.2) is 0 Å². The van der Waals surface area contributed by atoms with Crippen molar-refractivity contribution in [2.45, 2.75) is 38.7 Å². The molecule has 3 heteroatoms. The van der Waals surface area contributed by atoms with Gasteiger partial charge >= 0.3 is 5.97 Å². The third-order valence-electron chi connectivity index (χ3n) is 2.00. The Morgan fingerprint density at radius 2 is 2.17 bits per heavy atom. The lowest BCUT2D eigenvalue weighted by Crippen LogP contribution is -2.29. The Morgan fingerprint density at radius 1 is 1.58 bits per heavy atom. The molecule has 0 bridgehead atoms. The Kier molecular flexibility index (Phi) is 2.73. The standard InChI is InChI=1S/C9H16O3/c1-9(2,5-7-3-4-7)12-8(11)6-10/h7,10H,3-6H2,1-2H3. The molecule has 1 fully saturated rings. The van der Waals surface area contributed by atoms with Crippen LogP contribution in [-0.4, -0.2) is 23.3 Å². The monoisotopic (exact) mass is 172 g/mol. The van der Waals surface area contributed by atoms with Crippen LogP contribution in [0, 0.1) is 5.92 Å². The molecule has 0 spiro atoms. The number of carbonyl (C=O) groups excluding carboxylic acids is 1. The second-order valence-corrected chi connectivity index (χ2v) is 4.04. The van der Waals surface area contributed by atoms with E-state index in [0.29, 0.717) is 0 Å². The van der Waals surface area contributed by atoms with Crippen LogP contribution in [0.5, 0.6) is 0 Å². The number of rotatable bonds is 4. The Bertz CT molecular complexity index is 171. The number of hydrogen-bond acceptors (Lipinski definition) is 3. The van der Waals surface area contributed by atoms with Crippen molar-refractivity contribution in [2.75, 3.05) is 6.61 Å². The number of aliphatic hydroxyl groups is 1. The Labute approximate surface area is 72.7 Å². The van der Waals surface area contributed by atoms with Crippen molar-refractivity contribution in [1.29, 1.82) is 0 Å². The van der Waals surface area contributed by atoms with Gasteiger partial charge in [-0.3, -0.25) is 0 Å². The van der Waals surface area contributed by atoms with Gasteiger partial charge in [-0.2, -0.15) is 0 Å². The molecule has 0 amide bonds. The maximum absolute atomic E-state index is 10.8. The van der Waals surface area contributed by atoms with Crippen LogP contribution in [0.4, 0.5) is 0 Å². The van der Waals surface area contributed by atoms with E-state index in [2.05, 4.69) is 0 Å². The maximum Gasteiger partial charge on any atom is 0.332 e. The molecule has 1 rings (SSSR count). The van der Waals surface area contributed by atoms with Gasteiger partial charge in [-0.05, 0) is 26.2 Å².